The molecule has 1 aromatic rings. The minimum absolute atomic E-state index is 0. The molecule has 0 bridgehead atoms. The van der Waals surface area contributed by atoms with Crippen LogP contribution in [0.25, 0.3) is 0 Å². The van der Waals surface area contributed by atoms with Gasteiger partial charge in [0.15, 0.2) is 0 Å². The molecule has 2 heteroatoms. The van der Waals surface area contributed by atoms with E-state index in [0.29, 0.717) is 0 Å². The van der Waals surface area contributed by atoms with Gasteiger partial charge in [0.25, 0.3) is 0 Å². The number of hydrogen-bond acceptors (Lipinski definition) is 0. The van der Waals surface area contributed by atoms with E-state index >= 15 is 0 Å². The summed E-state index contributed by atoms with van der Waals surface area (Å²) in [5, 5.41) is 1.11. The molecule has 0 N–H and O–H groups in total. The van der Waals surface area contributed by atoms with E-state index in [1.807, 2.05) is 24.3 Å². The summed E-state index contributed by atoms with van der Waals surface area (Å²) in [5.74, 6) is 0. The van der Waals surface area contributed by atoms with Crippen molar-refractivity contribution in [1.82, 2.24) is 0 Å². The van der Waals surface area contributed by atoms with Crippen molar-refractivity contribution >= 4 is 14.5 Å². The van der Waals surface area contributed by atoms with Crippen molar-refractivity contribution in [2.45, 2.75) is 0 Å². The van der Waals surface area contributed by atoms with Gasteiger partial charge in [0.05, 0.1) is 0 Å². The van der Waals surface area contributed by atoms with Crippen LogP contribution in [0.4, 0.5) is 0 Å². The average Bonchev–Trinajstić information content (AvgIpc) is 1.69. The molecule has 36 valence electrons. The predicted octanol–water partition coefficient (Wildman–Crippen LogP) is -2.01. The van der Waals surface area contributed by atoms with Gasteiger partial charge in [-0.3, -0.25) is 0 Å². The Bertz CT molecular complexity index is 138. The molecule has 1 unspecified atom stereocenters. The molecule has 1 rings (SSSR count). The van der Waals surface area contributed by atoms with E-state index in [2.05, 4.69) is 15.3 Å². The summed E-state index contributed by atoms with van der Waals surface area (Å²) in [4.78, 5) is 0. The molecule has 0 fully saturated rings. The summed E-state index contributed by atoms with van der Waals surface area (Å²) in [6.45, 7) is 0. The topological polar surface area (TPSA) is 0 Å². The molecule has 0 nitrogen and oxygen atoms in total. The third-order valence-corrected chi connectivity index (χ3v) is 1.09. The van der Waals surface area contributed by atoms with Gasteiger partial charge in [-0.15, -0.1) is 14.5 Å². The summed E-state index contributed by atoms with van der Waals surface area (Å²) in [6.07, 6.45) is 0. The molecule has 0 aliphatic heterocycles. The van der Waals surface area contributed by atoms with Gasteiger partial charge >= 0.3 is 18.9 Å². The molecule has 1 atom stereocenters. The summed E-state index contributed by atoms with van der Waals surface area (Å²) < 4.78 is 0. The molecule has 0 heterocycles. The SMILES string of the molecule is Pc1[c-]cccc1.[Li+]. The molecule has 0 amide bonds. The number of benzene rings is 1. The molecule has 0 saturated heterocycles. The van der Waals surface area contributed by atoms with Crippen molar-refractivity contribution < 1.29 is 18.9 Å². The Morgan fingerprint density at radius 2 is 2.12 bits per heavy atom. The molecular formula is C6H6LiP. The quantitative estimate of drug-likeness (QED) is 0.209. The maximum atomic E-state index is 2.99. The fourth-order valence-electron chi connectivity index (χ4n) is 0.407. The zero-order valence-electron chi connectivity index (χ0n) is 4.89. The van der Waals surface area contributed by atoms with E-state index in [9.17, 15) is 0 Å². The second-order valence-electron chi connectivity index (χ2n) is 1.32. The van der Waals surface area contributed by atoms with E-state index in [-0.39, 0.29) is 18.9 Å². The maximum absolute atomic E-state index is 2.99. The van der Waals surface area contributed by atoms with Crippen LogP contribution in [-0.4, -0.2) is 0 Å². The first-order valence-corrected chi connectivity index (χ1v) is 2.69. The first-order valence-electron chi connectivity index (χ1n) is 2.12. The van der Waals surface area contributed by atoms with Crippen molar-refractivity contribution in [1.29, 1.82) is 0 Å². The second-order valence-corrected chi connectivity index (χ2v) is 1.94. The Labute approximate surface area is 64.1 Å². The Balaban J connectivity index is 0.000000490. The molecule has 0 saturated carbocycles. The Morgan fingerprint density at radius 3 is 2.38 bits per heavy atom. The Kier molecular flexibility index (Phi) is 4.29. The molecule has 1 aromatic carbocycles. The van der Waals surface area contributed by atoms with Crippen molar-refractivity contribution in [2.24, 2.45) is 0 Å². The molecule has 0 aliphatic rings. The zero-order valence-corrected chi connectivity index (χ0v) is 6.04. The van der Waals surface area contributed by atoms with Crippen LogP contribution in [0.15, 0.2) is 24.3 Å². The fraction of sp³-hybridized carbons (Fsp3) is 0. The van der Waals surface area contributed by atoms with E-state index in [1.165, 1.54) is 0 Å². The average molecular weight is 116 g/mol. The van der Waals surface area contributed by atoms with Crippen LogP contribution in [-0.2, 0) is 0 Å². The van der Waals surface area contributed by atoms with Crippen LogP contribution < -0.4 is 24.2 Å². The van der Waals surface area contributed by atoms with Gasteiger partial charge in [-0.2, -0.15) is 30.3 Å². The third kappa shape index (κ3) is 2.53. The van der Waals surface area contributed by atoms with Gasteiger partial charge in [0, 0.05) is 0 Å². The van der Waals surface area contributed by atoms with Crippen molar-refractivity contribution in [3.05, 3.63) is 30.3 Å². The van der Waals surface area contributed by atoms with Gasteiger partial charge in [0.2, 0.25) is 0 Å². The van der Waals surface area contributed by atoms with Crippen LogP contribution >= 0.6 is 9.24 Å². The minimum Gasteiger partial charge on any atom is -0.176 e. The zero-order chi connectivity index (χ0) is 5.11. The van der Waals surface area contributed by atoms with E-state index in [4.69, 9.17) is 0 Å². The van der Waals surface area contributed by atoms with Gasteiger partial charge in [-0.25, -0.2) is 0 Å². The maximum Gasteiger partial charge on any atom is 1.00 e. The third-order valence-electron chi connectivity index (χ3n) is 0.733. The van der Waals surface area contributed by atoms with Gasteiger partial charge in [-0.05, 0) is 0 Å². The van der Waals surface area contributed by atoms with Crippen LogP contribution in [0, 0.1) is 6.07 Å². The van der Waals surface area contributed by atoms with Crippen LogP contribution in [0.2, 0.25) is 0 Å². The van der Waals surface area contributed by atoms with Crippen molar-refractivity contribution in [3.8, 4) is 0 Å². The standard InChI is InChI=1S/C6H6P.Li/c7-6-4-2-1-3-5-6;/h1-4H,7H2;/q-1;+1. The van der Waals surface area contributed by atoms with Crippen molar-refractivity contribution in [3.63, 3.8) is 0 Å². The molecule has 0 aromatic heterocycles. The Hall–Kier alpha value is 0.247. The smallest absolute Gasteiger partial charge is 0.176 e. The summed E-state index contributed by atoms with van der Waals surface area (Å²) in [5.41, 5.74) is 0. The van der Waals surface area contributed by atoms with Gasteiger partial charge in [0.1, 0.15) is 0 Å². The molecule has 8 heavy (non-hydrogen) atoms. The van der Waals surface area contributed by atoms with E-state index in [1.54, 1.807) is 0 Å². The fourth-order valence-corrected chi connectivity index (χ4v) is 0.615. The van der Waals surface area contributed by atoms with E-state index < -0.39 is 0 Å². The summed E-state index contributed by atoms with van der Waals surface area (Å²) in [6, 6.07) is 10.8. The van der Waals surface area contributed by atoms with Crippen LogP contribution in [0.1, 0.15) is 0 Å². The second kappa shape index (κ2) is 4.16. The monoisotopic (exact) mass is 116 g/mol. The molecule has 0 aliphatic carbocycles. The minimum atomic E-state index is 0. The van der Waals surface area contributed by atoms with Gasteiger partial charge in [-0.1, -0.05) is 0 Å². The molecule has 0 radical (unpaired) electrons. The van der Waals surface area contributed by atoms with Crippen LogP contribution in [0.5, 0.6) is 0 Å². The summed E-state index contributed by atoms with van der Waals surface area (Å²) in [7, 11) is 2.57. The normalized spacial score (nSPS) is 7.62. The Morgan fingerprint density at radius 1 is 1.38 bits per heavy atom. The first-order chi connectivity index (χ1) is 3.39. The number of rotatable bonds is 0. The molecule has 0 spiro atoms. The number of hydrogen-bond donors (Lipinski definition) is 0. The largest absolute Gasteiger partial charge is 1.00 e. The van der Waals surface area contributed by atoms with Crippen LogP contribution in [0.3, 0.4) is 0 Å². The van der Waals surface area contributed by atoms with Crippen molar-refractivity contribution in [2.75, 3.05) is 0 Å². The molecular weight excluding hydrogens is 110 g/mol. The van der Waals surface area contributed by atoms with E-state index in [0.717, 1.165) is 5.30 Å². The predicted molar refractivity (Wildman–Crippen MR) is 34.6 cm³/mol. The summed E-state index contributed by atoms with van der Waals surface area (Å²) >= 11 is 0. The van der Waals surface area contributed by atoms with Gasteiger partial charge < -0.3 is 0 Å². The first kappa shape index (κ1) is 8.25.